The minimum Gasteiger partial charge on any atom is -0.493 e. The van der Waals surface area contributed by atoms with E-state index in [4.69, 9.17) is 22.1 Å². The van der Waals surface area contributed by atoms with E-state index in [1.165, 1.54) is 6.07 Å². The smallest absolute Gasteiger partial charge is 0.220 e. The monoisotopic (exact) mass is 300 g/mol. The van der Waals surface area contributed by atoms with Gasteiger partial charge in [-0.15, -0.1) is 0 Å². The maximum Gasteiger partial charge on any atom is 0.220 e. The predicted octanol–water partition coefficient (Wildman–Crippen LogP) is 2.50. The Morgan fingerprint density at radius 1 is 1.65 bits per heavy atom. The van der Waals surface area contributed by atoms with E-state index in [0.717, 1.165) is 0 Å². The number of nitrogens with two attached hydrogens (primary N) is 1. The van der Waals surface area contributed by atoms with Crippen LogP contribution in [-0.4, -0.2) is 19.1 Å². The van der Waals surface area contributed by atoms with Crippen LogP contribution in [0.25, 0.3) is 0 Å². The van der Waals surface area contributed by atoms with Crippen molar-refractivity contribution >= 4 is 17.5 Å². The first-order valence-corrected chi connectivity index (χ1v) is 7.00. The van der Waals surface area contributed by atoms with E-state index in [-0.39, 0.29) is 29.3 Å². The summed E-state index contributed by atoms with van der Waals surface area (Å²) >= 11 is 5.96. The zero-order chi connectivity index (χ0) is 14.9. The Morgan fingerprint density at radius 3 is 2.85 bits per heavy atom. The molecule has 1 amide bonds. The zero-order valence-electron chi connectivity index (χ0n) is 11.5. The van der Waals surface area contributed by atoms with Crippen molar-refractivity contribution in [2.75, 3.05) is 13.2 Å². The number of hydrogen-bond donors (Lipinski definition) is 2. The van der Waals surface area contributed by atoms with Crippen molar-refractivity contribution in [3.63, 3.8) is 0 Å². The summed E-state index contributed by atoms with van der Waals surface area (Å²) < 4.78 is 20.0. The third-order valence-corrected chi connectivity index (χ3v) is 3.68. The molecule has 1 aromatic rings. The SMILES string of the molecule is CCOc1c([C@H](C)N)cc(Cl)c(F)c1[C@H]1CNC(=O)C1. The molecule has 4 nitrogen and oxygen atoms in total. The Bertz CT molecular complexity index is 534. The van der Waals surface area contributed by atoms with Crippen molar-refractivity contribution < 1.29 is 13.9 Å². The van der Waals surface area contributed by atoms with Crippen molar-refractivity contribution in [1.82, 2.24) is 5.32 Å². The number of ether oxygens (including phenoxy) is 1. The molecular weight excluding hydrogens is 283 g/mol. The third kappa shape index (κ3) is 2.74. The van der Waals surface area contributed by atoms with E-state index in [9.17, 15) is 9.18 Å². The van der Waals surface area contributed by atoms with E-state index in [1.54, 1.807) is 6.92 Å². The number of halogens is 2. The first kappa shape index (κ1) is 15.1. The largest absolute Gasteiger partial charge is 0.493 e. The van der Waals surface area contributed by atoms with Crippen LogP contribution in [0.1, 0.15) is 43.4 Å². The highest BCUT2D eigenvalue weighted by Crippen LogP contribution is 2.41. The molecule has 1 aliphatic heterocycles. The molecule has 20 heavy (non-hydrogen) atoms. The van der Waals surface area contributed by atoms with E-state index in [1.807, 2.05) is 6.92 Å². The highest BCUT2D eigenvalue weighted by molar-refractivity contribution is 6.31. The summed E-state index contributed by atoms with van der Waals surface area (Å²) in [5, 5.41) is 2.71. The molecule has 0 unspecified atom stereocenters. The Balaban J connectivity index is 2.59. The molecule has 6 heteroatoms. The molecule has 2 atom stereocenters. The molecular formula is C14H18ClFN2O2. The molecule has 1 aromatic carbocycles. The number of carbonyl (C=O) groups excluding carboxylic acids is 1. The molecule has 0 aliphatic carbocycles. The molecule has 1 aliphatic rings. The molecule has 0 saturated carbocycles. The van der Waals surface area contributed by atoms with Crippen molar-refractivity contribution in [3.05, 3.63) is 28.0 Å². The number of benzene rings is 1. The molecule has 0 bridgehead atoms. The average molecular weight is 301 g/mol. The van der Waals surface area contributed by atoms with Gasteiger partial charge in [-0.25, -0.2) is 4.39 Å². The molecule has 0 aromatic heterocycles. The quantitative estimate of drug-likeness (QED) is 0.898. The Labute approximate surface area is 122 Å². The Morgan fingerprint density at radius 2 is 2.35 bits per heavy atom. The van der Waals surface area contributed by atoms with E-state index in [0.29, 0.717) is 30.0 Å². The standard InChI is InChI=1S/C14H18ClFN2O2/c1-3-20-14-9(7(2)17)5-10(15)13(16)12(14)8-4-11(19)18-6-8/h5,7-8H,3-4,6,17H2,1-2H3,(H,18,19)/t7-,8+/m0/s1. The normalized spacial score (nSPS) is 19.9. The van der Waals surface area contributed by atoms with Gasteiger partial charge in [-0.05, 0) is 19.9 Å². The average Bonchev–Trinajstić information content (AvgIpc) is 2.80. The topological polar surface area (TPSA) is 64.3 Å². The lowest BCUT2D eigenvalue weighted by molar-refractivity contribution is -0.119. The molecule has 0 spiro atoms. The molecule has 3 N–H and O–H groups in total. The van der Waals surface area contributed by atoms with E-state index >= 15 is 0 Å². The van der Waals surface area contributed by atoms with Crippen molar-refractivity contribution in [1.29, 1.82) is 0 Å². The maximum atomic E-state index is 14.4. The van der Waals surface area contributed by atoms with Gasteiger partial charge >= 0.3 is 0 Å². The van der Waals surface area contributed by atoms with Crippen LogP contribution in [0.5, 0.6) is 5.75 Å². The number of rotatable bonds is 4. The summed E-state index contributed by atoms with van der Waals surface area (Å²) in [6.45, 7) is 4.38. The fourth-order valence-corrected chi connectivity index (χ4v) is 2.69. The number of carbonyl (C=O) groups is 1. The fourth-order valence-electron chi connectivity index (χ4n) is 2.47. The van der Waals surface area contributed by atoms with Gasteiger partial charge in [0.25, 0.3) is 0 Å². The lowest BCUT2D eigenvalue weighted by atomic mass is 9.92. The van der Waals surface area contributed by atoms with Crippen LogP contribution in [0.4, 0.5) is 4.39 Å². The fraction of sp³-hybridized carbons (Fsp3) is 0.500. The second-order valence-electron chi connectivity index (χ2n) is 4.93. The zero-order valence-corrected chi connectivity index (χ0v) is 12.3. The van der Waals surface area contributed by atoms with Crippen molar-refractivity contribution in [2.45, 2.75) is 32.2 Å². The Hall–Kier alpha value is -1.33. The second-order valence-corrected chi connectivity index (χ2v) is 5.34. The van der Waals surface area contributed by atoms with Gasteiger partial charge in [-0.3, -0.25) is 4.79 Å². The summed E-state index contributed by atoms with van der Waals surface area (Å²) in [7, 11) is 0. The van der Waals surface area contributed by atoms with E-state index in [2.05, 4.69) is 5.32 Å². The molecule has 0 radical (unpaired) electrons. The lowest BCUT2D eigenvalue weighted by Crippen LogP contribution is -2.16. The van der Waals surface area contributed by atoms with Gasteiger partial charge in [0.2, 0.25) is 5.91 Å². The lowest BCUT2D eigenvalue weighted by Gasteiger charge is -2.21. The summed E-state index contributed by atoms with van der Waals surface area (Å²) in [6, 6.07) is 1.17. The van der Waals surface area contributed by atoms with Gasteiger partial charge in [0, 0.05) is 36.1 Å². The first-order valence-electron chi connectivity index (χ1n) is 6.62. The minimum absolute atomic E-state index is 0.00935. The summed E-state index contributed by atoms with van der Waals surface area (Å²) in [4.78, 5) is 11.4. The van der Waals surface area contributed by atoms with Gasteiger partial charge in [-0.2, -0.15) is 0 Å². The van der Waals surface area contributed by atoms with E-state index < -0.39 is 5.82 Å². The van der Waals surface area contributed by atoms with Crippen LogP contribution in [0.2, 0.25) is 5.02 Å². The Kier molecular flexibility index (Phi) is 4.50. The van der Waals surface area contributed by atoms with Crippen LogP contribution in [0.15, 0.2) is 6.07 Å². The van der Waals surface area contributed by atoms with Gasteiger partial charge in [0.05, 0.1) is 11.6 Å². The molecule has 2 rings (SSSR count). The van der Waals surface area contributed by atoms with Crippen LogP contribution < -0.4 is 15.8 Å². The van der Waals surface area contributed by atoms with Gasteiger partial charge in [0.1, 0.15) is 11.6 Å². The summed E-state index contributed by atoms with van der Waals surface area (Å²) in [5.74, 6) is -0.480. The summed E-state index contributed by atoms with van der Waals surface area (Å²) in [5.41, 5.74) is 6.93. The van der Waals surface area contributed by atoms with Crippen LogP contribution in [-0.2, 0) is 4.79 Å². The molecule has 1 saturated heterocycles. The molecule has 1 heterocycles. The number of nitrogens with one attached hydrogen (secondary N) is 1. The third-order valence-electron chi connectivity index (χ3n) is 3.40. The second kappa shape index (κ2) is 5.97. The van der Waals surface area contributed by atoms with Crippen molar-refractivity contribution in [3.8, 4) is 5.75 Å². The van der Waals surface area contributed by atoms with Gasteiger partial charge in [0.15, 0.2) is 0 Å². The van der Waals surface area contributed by atoms with Crippen molar-refractivity contribution in [2.24, 2.45) is 5.73 Å². The van der Waals surface area contributed by atoms with Gasteiger partial charge in [-0.1, -0.05) is 11.6 Å². The van der Waals surface area contributed by atoms with Crippen LogP contribution in [0, 0.1) is 5.82 Å². The minimum atomic E-state index is -0.527. The first-order chi connectivity index (χ1) is 9.45. The predicted molar refractivity (Wildman–Crippen MR) is 75.5 cm³/mol. The number of hydrogen-bond acceptors (Lipinski definition) is 3. The number of amides is 1. The molecule has 110 valence electrons. The van der Waals surface area contributed by atoms with Crippen LogP contribution in [0.3, 0.4) is 0 Å². The molecule has 1 fully saturated rings. The van der Waals surface area contributed by atoms with Crippen LogP contribution >= 0.6 is 11.6 Å². The highest BCUT2D eigenvalue weighted by Gasteiger charge is 2.31. The highest BCUT2D eigenvalue weighted by atomic mass is 35.5. The van der Waals surface area contributed by atoms with Gasteiger partial charge < -0.3 is 15.8 Å². The maximum absolute atomic E-state index is 14.4. The summed E-state index contributed by atoms with van der Waals surface area (Å²) in [6.07, 6.45) is 0.232.